The highest BCUT2D eigenvalue weighted by Crippen LogP contribution is 2.44. The molecule has 2 aromatic carbocycles. The van der Waals surface area contributed by atoms with Gasteiger partial charge in [0, 0.05) is 19.6 Å². The van der Waals surface area contributed by atoms with Gasteiger partial charge in [-0.15, -0.1) is 0 Å². The van der Waals surface area contributed by atoms with E-state index in [1.165, 1.54) is 0 Å². The van der Waals surface area contributed by atoms with Crippen LogP contribution in [-0.2, 0) is 19.1 Å². The van der Waals surface area contributed by atoms with E-state index < -0.39 is 30.1 Å². The predicted octanol–water partition coefficient (Wildman–Crippen LogP) is 3.55. The van der Waals surface area contributed by atoms with Crippen molar-refractivity contribution in [3.8, 4) is 11.1 Å². The van der Waals surface area contributed by atoms with Crippen LogP contribution in [0.2, 0.25) is 0 Å². The highest BCUT2D eigenvalue weighted by atomic mass is 16.5. The SMILES string of the molecule is COCCCC(NC(=O)OCC1c2ccccc2-c2ccccc21)C(=O)N[C@H](C(=O)O)C(C)C. The molecule has 0 aromatic heterocycles. The molecule has 0 fully saturated rings. The van der Waals surface area contributed by atoms with Gasteiger partial charge in [0.15, 0.2) is 0 Å². The van der Waals surface area contributed by atoms with E-state index in [1.807, 2.05) is 36.4 Å². The van der Waals surface area contributed by atoms with Gasteiger partial charge in [-0.1, -0.05) is 62.4 Å². The van der Waals surface area contributed by atoms with Gasteiger partial charge in [0.05, 0.1) is 0 Å². The number of rotatable bonds is 11. The van der Waals surface area contributed by atoms with Gasteiger partial charge in [0.2, 0.25) is 5.91 Å². The minimum atomic E-state index is -1.12. The summed E-state index contributed by atoms with van der Waals surface area (Å²) in [7, 11) is 1.55. The fourth-order valence-electron chi connectivity index (χ4n) is 4.25. The van der Waals surface area contributed by atoms with Gasteiger partial charge in [0.1, 0.15) is 18.7 Å². The lowest BCUT2D eigenvalue weighted by Crippen LogP contribution is -2.53. The Labute approximate surface area is 199 Å². The van der Waals surface area contributed by atoms with Gasteiger partial charge in [-0.05, 0) is 41.0 Å². The summed E-state index contributed by atoms with van der Waals surface area (Å²) >= 11 is 0. The summed E-state index contributed by atoms with van der Waals surface area (Å²) in [6.45, 7) is 3.94. The molecule has 0 spiro atoms. The first-order chi connectivity index (χ1) is 16.3. The maximum atomic E-state index is 12.8. The van der Waals surface area contributed by atoms with Gasteiger partial charge in [-0.25, -0.2) is 9.59 Å². The number of carboxylic acids is 1. The van der Waals surface area contributed by atoms with Crippen molar-refractivity contribution >= 4 is 18.0 Å². The second kappa shape index (κ2) is 11.7. The zero-order valence-electron chi connectivity index (χ0n) is 19.7. The summed E-state index contributed by atoms with van der Waals surface area (Å²) < 4.78 is 10.6. The lowest BCUT2D eigenvalue weighted by Gasteiger charge is -2.23. The van der Waals surface area contributed by atoms with Crippen LogP contribution in [-0.4, -0.2) is 55.5 Å². The number of ether oxygens (including phenoxy) is 2. The quantitative estimate of drug-likeness (QED) is 0.435. The molecule has 2 amide bonds. The number of amides is 2. The Kier molecular flexibility index (Phi) is 8.65. The van der Waals surface area contributed by atoms with Crippen LogP contribution in [0.25, 0.3) is 11.1 Å². The van der Waals surface area contributed by atoms with Crippen LogP contribution in [0.1, 0.15) is 43.7 Å². The standard InChI is InChI=1S/C26H32N2O6/c1-16(2)23(25(30)31)28-24(29)22(13-8-14-33-3)27-26(32)34-15-21-19-11-6-4-9-17(19)18-10-5-7-12-20(18)21/h4-7,9-12,16,21-23H,8,13-15H2,1-3H3,(H,27,32)(H,28,29)(H,30,31)/t22?,23-/m0/s1. The Morgan fingerprint density at radius 3 is 2.09 bits per heavy atom. The molecule has 0 saturated heterocycles. The maximum absolute atomic E-state index is 12.8. The van der Waals surface area contributed by atoms with E-state index in [1.54, 1.807) is 21.0 Å². The van der Waals surface area contributed by atoms with Gasteiger partial charge in [-0.3, -0.25) is 4.79 Å². The molecule has 182 valence electrons. The number of benzene rings is 2. The molecule has 2 aromatic rings. The van der Waals surface area contributed by atoms with Crippen molar-refractivity contribution in [1.82, 2.24) is 10.6 Å². The average Bonchev–Trinajstić information content (AvgIpc) is 3.14. The van der Waals surface area contributed by atoms with Crippen LogP contribution in [0.15, 0.2) is 48.5 Å². The molecule has 0 saturated carbocycles. The molecule has 0 radical (unpaired) electrons. The Hall–Kier alpha value is -3.39. The molecule has 2 atom stereocenters. The number of carbonyl (C=O) groups is 3. The largest absolute Gasteiger partial charge is 0.480 e. The number of fused-ring (bicyclic) bond motifs is 3. The van der Waals surface area contributed by atoms with E-state index >= 15 is 0 Å². The molecule has 0 aliphatic heterocycles. The van der Waals surface area contributed by atoms with Crippen molar-refractivity contribution in [3.05, 3.63) is 59.7 Å². The summed E-state index contributed by atoms with van der Waals surface area (Å²) in [5.74, 6) is -2.10. The first-order valence-electron chi connectivity index (χ1n) is 11.5. The second-order valence-corrected chi connectivity index (χ2v) is 8.73. The van der Waals surface area contributed by atoms with Crippen molar-refractivity contribution in [2.24, 2.45) is 5.92 Å². The molecule has 34 heavy (non-hydrogen) atoms. The second-order valence-electron chi connectivity index (χ2n) is 8.73. The summed E-state index contributed by atoms with van der Waals surface area (Å²) in [4.78, 5) is 36.9. The Bertz CT molecular complexity index is 976. The monoisotopic (exact) mass is 468 g/mol. The zero-order chi connectivity index (χ0) is 24.7. The predicted molar refractivity (Wildman–Crippen MR) is 128 cm³/mol. The maximum Gasteiger partial charge on any atom is 0.407 e. The molecule has 1 aliphatic carbocycles. The van der Waals surface area contributed by atoms with E-state index in [0.717, 1.165) is 22.3 Å². The molecule has 0 heterocycles. The molecular weight excluding hydrogens is 436 g/mol. The lowest BCUT2D eigenvalue weighted by molar-refractivity contribution is -0.143. The van der Waals surface area contributed by atoms with E-state index in [2.05, 4.69) is 22.8 Å². The lowest BCUT2D eigenvalue weighted by atomic mass is 9.98. The third-order valence-corrected chi connectivity index (χ3v) is 6.02. The van der Waals surface area contributed by atoms with Crippen molar-refractivity contribution < 1.29 is 29.0 Å². The van der Waals surface area contributed by atoms with E-state index in [-0.39, 0.29) is 24.9 Å². The Morgan fingerprint density at radius 1 is 0.971 bits per heavy atom. The fraction of sp³-hybridized carbons (Fsp3) is 0.423. The number of hydrogen-bond donors (Lipinski definition) is 3. The van der Waals surface area contributed by atoms with Crippen LogP contribution in [0.4, 0.5) is 4.79 Å². The third kappa shape index (κ3) is 5.94. The molecule has 1 unspecified atom stereocenters. The van der Waals surface area contributed by atoms with Crippen molar-refractivity contribution in [1.29, 1.82) is 0 Å². The highest BCUT2D eigenvalue weighted by molar-refractivity contribution is 5.89. The molecular formula is C26H32N2O6. The van der Waals surface area contributed by atoms with Crippen LogP contribution in [0, 0.1) is 5.92 Å². The number of carbonyl (C=O) groups excluding carboxylic acids is 2. The normalized spacial score (nSPS) is 14.1. The molecule has 3 rings (SSSR count). The Morgan fingerprint density at radius 2 is 1.56 bits per heavy atom. The highest BCUT2D eigenvalue weighted by Gasteiger charge is 2.31. The van der Waals surface area contributed by atoms with E-state index in [9.17, 15) is 19.5 Å². The number of methoxy groups -OCH3 is 1. The minimum absolute atomic E-state index is 0.101. The van der Waals surface area contributed by atoms with Crippen molar-refractivity contribution in [2.45, 2.75) is 44.7 Å². The first-order valence-corrected chi connectivity index (χ1v) is 11.5. The van der Waals surface area contributed by atoms with Gasteiger partial charge in [-0.2, -0.15) is 0 Å². The summed E-state index contributed by atoms with van der Waals surface area (Å²) in [6.07, 6.45) is 0.0715. The van der Waals surface area contributed by atoms with E-state index in [4.69, 9.17) is 9.47 Å². The number of nitrogens with one attached hydrogen (secondary N) is 2. The number of aliphatic carboxylic acids is 1. The van der Waals surface area contributed by atoms with Crippen molar-refractivity contribution in [2.75, 3.05) is 20.3 Å². The number of alkyl carbamates (subject to hydrolysis) is 1. The van der Waals surface area contributed by atoms with Crippen LogP contribution >= 0.6 is 0 Å². The summed E-state index contributed by atoms with van der Waals surface area (Å²) in [5, 5.41) is 14.5. The first kappa shape index (κ1) is 25.2. The smallest absolute Gasteiger partial charge is 0.407 e. The van der Waals surface area contributed by atoms with E-state index in [0.29, 0.717) is 13.0 Å². The third-order valence-electron chi connectivity index (χ3n) is 6.02. The molecule has 8 heteroatoms. The fourth-order valence-corrected chi connectivity index (χ4v) is 4.25. The molecule has 3 N–H and O–H groups in total. The number of carboxylic acid groups (broad SMARTS) is 1. The molecule has 0 bridgehead atoms. The summed E-state index contributed by atoms with van der Waals surface area (Å²) in [5.41, 5.74) is 4.42. The Balaban J connectivity index is 1.66. The topological polar surface area (TPSA) is 114 Å². The minimum Gasteiger partial charge on any atom is -0.480 e. The van der Waals surface area contributed by atoms with Crippen LogP contribution < -0.4 is 10.6 Å². The van der Waals surface area contributed by atoms with Gasteiger partial charge in [0.25, 0.3) is 0 Å². The van der Waals surface area contributed by atoms with Gasteiger partial charge >= 0.3 is 12.1 Å². The van der Waals surface area contributed by atoms with Crippen LogP contribution in [0.5, 0.6) is 0 Å². The average molecular weight is 469 g/mol. The molecule has 8 nitrogen and oxygen atoms in total. The van der Waals surface area contributed by atoms with Gasteiger partial charge < -0.3 is 25.2 Å². The molecule has 1 aliphatic rings. The summed E-state index contributed by atoms with van der Waals surface area (Å²) in [6, 6.07) is 14.1. The van der Waals surface area contributed by atoms with Crippen LogP contribution in [0.3, 0.4) is 0 Å². The zero-order valence-corrected chi connectivity index (χ0v) is 19.7. The van der Waals surface area contributed by atoms with Crippen molar-refractivity contribution in [3.63, 3.8) is 0 Å². The number of hydrogen-bond acceptors (Lipinski definition) is 5.